The summed E-state index contributed by atoms with van der Waals surface area (Å²) in [5.41, 5.74) is 0.303. The van der Waals surface area contributed by atoms with E-state index in [1.165, 1.54) is 12.5 Å². The topological polar surface area (TPSA) is 69.2 Å². The SMILES string of the molecule is O=C([O-])c1cc(Br)ccc1NC(=O)C1CCCCC1. The van der Waals surface area contributed by atoms with E-state index >= 15 is 0 Å². The summed E-state index contributed by atoms with van der Waals surface area (Å²) in [6.07, 6.45) is 5.05. The van der Waals surface area contributed by atoms with Crippen molar-refractivity contribution in [2.45, 2.75) is 32.1 Å². The molecule has 1 amide bonds. The van der Waals surface area contributed by atoms with E-state index in [1.807, 2.05) is 0 Å². The summed E-state index contributed by atoms with van der Waals surface area (Å²) in [7, 11) is 0. The Bertz CT molecular complexity index is 495. The molecule has 0 bridgehead atoms. The van der Waals surface area contributed by atoms with Crippen LogP contribution in [0.15, 0.2) is 22.7 Å². The number of benzene rings is 1. The molecule has 0 aliphatic heterocycles. The van der Waals surface area contributed by atoms with Crippen molar-refractivity contribution >= 4 is 33.5 Å². The fraction of sp³-hybridized carbons (Fsp3) is 0.429. The average Bonchev–Trinajstić information content (AvgIpc) is 2.41. The van der Waals surface area contributed by atoms with Gasteiger partial charge in [0.25, 0.3) is 0 Å². The quantitative estimate of drug-likeness (QED) is 0.927. The summed E-state index contributed by atoms with van der Waals surface area (Å²) in [5.74, 6) is -1.39. The first-order valence-electron chi connectivity index (χ1n) is 6.39. The first-order valence-corrected chi connectivity index (χ1v) is 7.19. The lowest BCUT2D eigenvalue weighted by Crippen LogP contribution is -2.28. The van der Waals surface area contributed by atoms with E-state index in [9.17, 15) is 14.7 Å². The van der Waals surface area contributed by atoms with Crippen LogP contribution in [0.1, 0.15) is 42.5 Å². The van der Waals surface area contributed by atoms with Crippen LogP contribution in [0.2, 0.25) is 0 Å². The smallest absolute Gasteiger partial charge is 0.227 e. The molecule has 0 heterocycles. The van der Waals surface area contributed by atoms with Crippen LogP contribution in [0.5, 0.6) is 0 Å². The maximum absolute atomic E-state index is 12.1. The van der Waals surface area contributed by atoms with Crippen molar-refractivity contribution in [2.75, 3.05) is 5.32 Å². The number of hydrogen-bond acceptors (Lipinski definition) is 3. The van der Waals surface area contributed by atoms with E-state index in [1.54, 1.807) is 12.1 Å². The van der Waals surface area contributed by atoms with Crippen LogP contribution >= 0.6 is 15.9 Å². The Morgan fingerprint density at radius 2 is 1.89 bits per heavy atom. The molecular formula is C14H15BrNO3-. The van der Waals surface area contributed by atoms with Crippen LogP contribution < -0.4 is 10.4 Å². The lowest BCUT2D eigenvalue weighted by molar-refractivity contribution is -0.254. The number of anilines is 1. The highest BCUT2D eigenvalue weighted by Crippen LogP contribution is 2.26. The summed E-state index contributed by atoms with van der Waals surface area (Å²) in [6.45, 7) is 0. The monoisotopic (exact) mass is 324 g/mol. The third-order valence-electron chi connectivity index (χ3n) is 3.44. The van der Waals surface area contributed by atoms with Crippen LogP contribution in [-0.4, -0.2) is 11.9 Å². The molecule has 1 aliphatic carbocycles. The van der Waals surface area contributed by atoms with Crippen LogP contribution in [0.4, 0.5) is 5.69 Å². The lowest BCUT2D eigenvalue weighted by atomic mass is 9.88. The Labute approximate surface area is 120 Å². The summed E-state index contributed by atoms with van der Waals surface area (Å²) >= 11 is 3.20. The minimum absolute atomic E-state index is 0.00136. The number of carboxylic acids is 1. The second-order valence-corrected chi connectivity index (χ2v) is 5.72. The first-order chi connectivity index (χ1) is 9.08. The molecule has 1 aliphatic rings. The molecular weight excluding hydrogens is 310 g/mol. The van der Waals surface area contributed by atoms with Crippen molar-refractivity contribution in [2.24, 2.45) is 5.92 Å². The average molecular weight is 325 g/mol. The van der Waals surface area contributed by atoms with Gasteiger partial charge in [0.05, 0.1) is 5.97 Å². The fourth-order valence-electron chi connectivity index (χ4n) is 2.39. The van der Waals surface area contributed by atoms with Gasteiger partial charge in [0.15, 0.2) is 0 Å². The molecule has 4 nitrogen and oxygen atoms in total. The van der Waals surface area contributed by atoms with E-state index in [2.05, 4.69) is 21.2 Å². The lowest BCUT2D eigenvalue weighted by Gasteiger charge is -2.21. The number of nitrogens with one attached hydrogen (secondary N) is 1. The van der Waals surface area contributed by atoms with Gasteiger partial charge < -0.3 is 15.2 Å². The molecule has 1 fully saturated rings. The molecule has 0 radical (unpaired) electrons. The van der Waals surface area contributed by atoms with Gasteiger partial charge in [-0.3, -0.25) is 4.79 Å². The van der Waals surface area contributed by atoms with E-state index in [4.69, 9.17) is 0 Å². The Morgan fingerprint density at radius 3 is 2.53 bits per heavy atom. The predicted octanol–water partition coefficient (Wildman–Crippen LogP) is 2.33. The molecule has 0 atom stereocenters. The van der Waals surface area contributed by atoms with Gasteiger partial charge in [0.2, 0.25) is 5.91 Å². The number of amides is 1. The highest BCUT2D eigenvalue weighted by atomic mass is 79.9. The van der Waals surface area contributed by atoms with Crippen molar-refractivity contribution in [1.82, 2.24) is 0 Å². The molecule has 0 spiro atoms. The Hall–Kier alpha value is -1.36. The van der Waals surface area contributed by atoms with Crippen molar-refractivity contribution in [3.8, 4) is 0 Å². The standard InChI is InChI=1S/C14H16BrNO3/c15-10-6-7-12(11(8-10)14(18)19)16-13(17)9-4-2-1-3-5-9/h6-9H,1-5H2,(H,16,17)(H,18,19)/p-1. The van der Waals surface area contributed by atoms with Gasteiger partial charge in [0, 0.05) is 21.6 Å². The van der Waals surface area contributed by atoms with Crippen molar-refractivity contribution in [3.63, 3.8) is 0 Å². The van der Waals surface area contributed by atoms with Gasteiger partial charge in [0.1, 0.15) is 0 Å². The Kier molecular flexibility index (Phi) is 4.58. The van der Waals surface area contributed by atoms with E-state index < -0.39 is 5.97 Å². The predicted molar refractivity (Wildman–Crippen MR) is 73.7 cm³/mol. The zero-order valence-electron chi connectivity index (χ0n) is 10.4. The number of aromatic carboxylic acids is 1. The molecule has 102 valence electrons. The number of carboxylic acid groups (broad SMARTS) is 1. The van der Waals surface area contributed by atoms with E-state index in [-0.39, 0.29) is 17.4 Å². The highest BCUT2D eigenvalue weighted by Gasteiger charge is 2.21. The van der Waals surface area contributed by atoms with Crippen molar-refractivity contribution < 1.29 is 14.7 Å². The summed E-state index contributed by atoms with van der Waals surface area (Å²) in [6, 6.07) is 4.71. The molecule has 5 heteroatoms. The number of halogens is 1. The molecule has 1 saturated carbocycles. The molecule has 2 rings (SSSR count). The molecule has 1 N–H and O–H groups in total. The minimum atomic E-state index is -1.29. The maximum atomic E-state index is 12.1. The van der Waals surface area contributed by atoms with Gasteiger partial charge in [-0.2, -0.15) is 0 Å². The molecule has 0 saturated heterocycles. The third-order valence-corrected chi connectivity index (χ3v) is 3.93. The van der Waals surface area contributed by atoms with Gasteiger partial charge in [-0.1, -0.05) is 35.2 Å². The van der Waals surface area contributed by atoms with Gasteiger partial charge in [-0.25, -0.2) is 0 Å². The van der Waals surface area contributed by atoms with Gasteiger partial charge in [-0.15, -0.1) is 0 Å². The molecule has 0 aromatic heterocycles. The zero-order valence-corrected chi connectivity index (χ0v) is 12.0. The molecule has 0 unspecified atom stereocenters. The van der Waals surface area contributed by atoms with Crippen molar-refractivity contribution in [1.29, 1.82) is 0 Å². The van der Waals surface area contributed by atoms with Gasteiger partial charge in [-0.05, 0) is 31.0 Å². The Morgan fingerprint density at radius 1 is 1.21 bits per heavy atom. The van der Waals surface area contributed by atoms with Crippen LogP contribution in [0.25, 0.3) is 0 Å². The summed E-state index contributed by atoms with van der Waals surface area (Å²) in [4.78, 5) is 23.1. The summed E-state index contributed by atoms with van der Waals surface area (Å²) < 4.78 is 0.641. The molecule has 19 heavy (non-hydrogen) atoms. The second kappa shape index (κ2) is 6.19. The minimum Gasteiger partial charge on any atom is -0.545 e. The fourth-order valence-corrected chi connectivity index (χ4v) is 2.76. The third kappa shape index (κ3) is 3.56. The van der Waals surface area contributed by atoms with Crippen LogP contribution in [-0.2, 0) is 4.79 Å². The van der Waals surface area contributed by atoms with Gasteiger partial charge >= 0.3 is 0 Å². The largest absolute Gasteiger partial charge is 0.545 e. The number of rotatable bonds is 3. The first kappa shape index (κ1) is 14.1. The molecule has 1 aromatic carbocycles. The second-order valence-electron chi connectivity index (χ2n) is 4.80. The molecule has 1 aromatic rings. The summed E-state index contributed by atoms with van der Waals surface area (Å²) in [5, 5.41) is 13.8. The maximum Gasteiger partial charge on any atom is 0.227 e. The zero-order chi connectivity index (χ0) is 13.8. The van der Waals surface area contributed by atoms with E-state index in [0.29, 0.717) is 10.2 Å². The Balaban J connectivity index is 2.13. The normalized spacial score (nSPS) is 16.1. The van der Waals surface area contributed by atoms with E-state index in [0.717, 1.165) is 25.7 Å². The number of carbonyl (C=O) groups is 2. The van der Waals surface area contributed by atoms with Crippen LogP contribution in [0, 0.1) is 5.92 Å². The van der Waals surface area contributed by atoms with Crippen LogP contribution in [0.3, 0.4) is 0 Å². The highest BCUT2D eigenvalue weighted by molar-refractivity contribution is 9.10. The number of carbonyl (C=O) groups excluding carboxylic acids is 2. The van der Waals surface area contributed by atoms with Crippen molar-refractivity contribution in [3.05, 3.63) is 28.2 Å². The number of hydrogen-bond donors (Lipinski definition) is 1.